The van der Waals surface area contributed by atoms with E-state index in [4.69, 9.17) is 4.74 Å². The van der Waals surface area contributed by atoms with Crippen LogP contribution in [0, 0.1) is 0 Å². The van der Waals surface area contributed by atoms with E-state index in [0.29, 0.717) is 11.4 Å². The van der Waals surface area contributed by atoms with Crippen LogP contribution in [-0.4, -0.2) is 23.9 Å². The number of amides is 2. The van der Waals surface area contributed by atoms with Gasteiger partial charge in [-0.05, 0) is 38.1 Å². The highest BCUT2D eigenvalue weighted by molar-refractivity contribution is 5.96. The van der Waals surface area contributed by atoms with Crippen LogP contribution in [0.4, 0.5) is 11.4 Å². The van der Waals surface area contributed by atoms with Crippen molar-refractivity contribution >= 4 is 29.2 Å². The van der Waals surface area contributed by atoms with Crippen molar-refractivity contribution in [2.75, 3.05) is 10.6 Å². The Labute approximate surface area is 123 Å². The van der Waals surface area contributed by atoms with Gasteiger partial charge in [-0.1, -0.05) is 6.08 Å². The number of allylic oxidation sites excluding steroid dienone is 1. The summed E-state index contributed by atoms with van der Waals surface area (Å²) in [5.74, 6) is -1.17. The zero-order valence-corrected chi connectivity index (χ0v) is 12.2. The van der Waals surface area contributed by atoms with Gasteiger partial charge in [0, 0.05) is 24.4 Å². The van der Waals surface area contributed by atoms with Crippen LogP contribution in [0.1, 0.15) is 20.8 Å². The molecule has 6 heteroatoms. The fourth-order valence-corrected chi connectivity index (χ4v) is 1.49. The summed E-state index contributed by atoms with van der Waals surface area (Å²) in [6.45, 7) is 4.58. The number of anilines is 2. The van der Waals surface area contributed by atoms with Crippen molar-refractivity contribution in [2.24, 2.45) is 0 Å². The Morgan fingerprint density at radius 3 is 2.10 bits per heavy atom. The Morgan fingerprint density at radius 1 is 1.10 bits per heavy atom. The summed E-state index contributed by atoms with van der Waals surface area (Å²) >= 11 is 0. The molecule has 21 heavy (non-hydrogen) atoms. The molecule has 0 unspecified atom stereocenters. The second-order valence-corrected chi connectivity index (χ2v) is 4.33. The molecular formula is C15H18N2O4. The van der Waals surface area contributed by atoms with Crippen molar-refractivity contribution in [3.63, 3.8) is 0 Å². The van der Waals surface area contributed by atoms with Gasteiger partial charge < -0.3 is 15.4 Å². The Balaban J connectivity index is 2.57. The van der Waals surface area contributed by atoms with E-state index in [1.165, 1.54) is 26.0 Å². The average Bonchev–Trinajstić information content (AvgIpc) is 2.40. The molecule has 0 spiro atoms. The van der Waals surface area contributed by atoms with Gasteiger partial charge in [0.25, 0.3) is 5.91 Å². The van der Waals surface area contributed by atoms with E-state index in [-0.39, 0.29) is 5.91 Å². The Hall–Kier alpha value is -2.63. The summed E-state index contributed by atoms with van der Waals surface area (Å²) in [5.41, 5.74) is 1.18. The number of ether oxygens (including phenoxy) is 1. The molecule has 1 aromatic rings. The molecule has 0 aliphatic rings. The summed E-state index contributed by atoms with van der Waals surface area (Å²) in [6.07, 6.45) is 1.88. The lowest BCUT2D eigenvalue weighted by atomic mass is 10.2. The molecule has 1 rings (SSSR count). The van der Waals surface area contributed by atoms with Gasteiger partial charge in [0.2, 0.25) is 5.91 Å². The predicted octanol–water partition coefficient (Wildman–Crippen LogP) is 2.09. The number of rotatable bonds is 5. The van der Waals surface area contributed by atoms with E-state index in [1.807, 2.05) is 0 Å². The fourth-order valence-electron chi connectivity index (χ4n) is 1.49. The lowest BCUT2D eigenvalue weighted by Crippen LogP contribution is -2.29. The van der Waals surface area contributed by atoms with Crippen molar-refractivity contribution in [1.82, 2.24) is 0 Å². The molecule has 0 bridgehead atoms. The molecular weight excluding hydrogens is 272 g/mol. The zero-order valence-electron chi connectivity index (χ0n) is 12.2. The molecule has 2 amide bonds. The molecule has 1 aromatic carbocycles. The number of nitrogens with one attached hydrogen (secondary N) is 2. The summed E-state index contributed by atoms with van der Waals surface area (Å²) in [7, 11) is 0. The molecule has 1 atom stereocenters. The summed E-state index contributed by atoms with van der Waals surface area (Å²) in [5, 5.41) is 5.24. The van der Waals surface area contributed by atoms with E-state index in [2.05, 4.69) is 10.6 Å². The highest BCUT2D eigenvalue weighted by Crippen LogP contribution is 2.14. The normalized spacial score (nSPS) is 11.8. The number of carbonyl (C=O) groups excluding carboxylic acids is 3. The van der Waals surface area contributed by atoms with Gasteiger partial charge >= 0.3 is 5.97 Å². The molecule has 6 nitrogen and oxygen atoms in total. The number of hydrogen-bond donors (Lipinski definition) is 2. The van der Waals surface area contributed by atoms with E-state index in [9.17, 15) is 14.4 Å². The van der Waals surface area contributed by atoms with E-state index < -0.39 is 18.0 Å². The number of benzene rings is 1. The van der Waals surface area contributed by atoms with Crippen LogP contribution in [0.15, 0.2) is 36.4 Å². The van der Waals surface area contributed by atoms with Crippen LogP contribution in [0.3, 0.4) is 0 Å². The predicted molar refractivity (Wildman–Crippen MR) is 79.7 cm³/mol. The Morgan fingerprint density at radius 2 is 1.62 bits per heavy atom. The standard InChI is InChI=1S/C15H18N2O4/c1-4-5-14(19)21-10(2)15(20)17-13-8-6-12(7-9-13)16-11(3)18/h4-10H,1-3H3,(H,16,18)(H,17,20)/b5-4+/t10-/m0/s1. The summed E-state index contributed by atoms with van der Waals surface area (Å²) in [4.78, 5) is 33.9. The van der Waals surface area contributed by atoms with Crippen molar-refractivity contribution in [3.8, 4) is 0 Å². The highest BCUT2D eigenvalue weighted by Gasteiger charge is 2.16. The maximum Gasteiger partial charge on any atom is 0.331 e. The topological polar surface area (TPSA) is 84.5 Å². The molecule has 0 heterocycles. The number of carbonyl (C=O) groups is 3. The van der Waals surface area contributed by atoms with Crippen molar-refractivity contribution in [3.05, 3.63) is 36.4 Å². The lowest BCUT2D eigenvalue weighted by molar-refractivity contribution is -0.148. The first-order valence-corrected chi connectivity index (χ1v) is 6.44. The van der Waals surface area contributed by atoms with E-state index >= 15 is 0 Å². The van der Waals surface area contributed by atoms with Gasteiger partial charge in [0.05, 0.1) is 0 Å². The molecule has 2 N–H and O–H groups in total. The molecule has 0 saturated carbocycles. The molecule has 112 valence electrons. The van der Waals surface area contributed by atoms with Crippen molar-refractivity contribution in [1.29, 1.82) is 0 Å². The smallest absolute Gasteiger partial charge is 0.331 e. The van der Waals surface area contributed by atoms with Crippen LogP contribution >= 0.6 is 0 Å². The first-order valence-electron chi connectivity index (χ1n) is 6.44. The zero-order chi connectivity index (χ0) is 15.8. The first kappa shape index (κ1) is 16.4. The maximum absolute atomic E-state index is 11.8. The van der Waals surface area contributed by atoms with Gasteiger partial charge in [0.15, 0.2) is 6.10 Å². The fraction of sp³-hybridized carbons (Fsp3) is 0.267. The summed E-state index contributed by atoms with van der Waals surface area (Å²) < 4.78 is 4.91. The molecule has 0 aliphatic carbocycles. The van der Waals surface area contributed by atoms with Crippen LogP contribution in [0.5, 0.6) is 0 Å². The van der Waals surface area contributed by atoms with Gasteiger partial charge in [-0.25, -0.2) is 4.79 Å². The Kier molecular flexibility index (Phi) is 6.13. The van der Waals surface area contributed by atoms with Crippen LogP contribution in [0.2, 0.25) is 0 Å². The average molecular weight is 290 g/mol. The monoisotopic (exact) mass is 290 g/mol. The first-order chi connectivity index (χ1) is 9.92. The van der Waals surface area contributed by atoms with Gasteiger partial charge in [-0.15, -0.1) is 0 Å². The second kappa shape index (κ2) is 7.84. The minimum Gasteiger partial charge on any atom is -0.449 e. The third-order valence-corrected chi connectivity index (χ3v) is 2.44. The van der Waals surface area contributed by atoms with Crippen LogP contribution < -0.4 is 10.6 Å². The SMILES string of the molecule is C/C=C/C(=O)O[C@@H](C)C(=O)Nc1ccc(NC(C)=O)cc1. The minimum atomic E-state index is -0.899. The maximum atomic E-state index is 11.8. The third-order valence-electron chi connectivity index (χ3n) is 2.44. The Bertz CT molecular complexity index is 549. The van der Waals surface area contributed by atoms with E-state index in [0.717, 1.165) is 0 Å². The van der Waals surface area contributed by atoms with E-state index in [1.54, 1.807) is 31.2 Å². The van der Waals surface area contributed by atoms with Crippen LogP contribution in [0.25, 0.3) is 0 Å². The molecule has 0 fully saturated rings. The summed E-state index contributed by atoms with van der Waals surface area (Å²) in [6, 6.07) is 6.61. The molecule has 0 aromatic heterocycles. The quantitative estimate of drug-likeness (QED) is 0.642. The van der Waals surface area contributed by atoms with Crippen molar-refractivity contribution < 1.29 is 19.1 Å². The van der Waals surface area contributed by atoms with Crippen molar-refractivity contribution in [2.45, 2.75) is 26.9 Å². The highest BCUT2D eigenvalue weighted by atomic mass is 16.5. The van der Waals surface area contributed by atoms with Gasteiger partial charge in [-0.2, -0.15) is 0 Å². The number of esters is 1. The van der Waals surface area contributed by atoms with Crippen LogP contribution in [-0.2, 0) is 19.1 Å². The molecule has 0 radical (unpaired) electrons. The third kappa shape index (κ3) is 5.90. The van der Waals surface area contributed by atoms with Gasteiger partial charge in [0.1, 0.15) is 0 Å². The molecule has 0 saturated heterocycles. The second-order valence-electron chi connectivity index (χ2n) is 4.33. The van der Waals surface area contributed by atoms with Gasteiger partial charge in [-0.3, -0.25) is 9.59 Å². The lowest BCUT2D eigenvalue weighted by Gasteiger charge is -2.12. The number of hydrogen-bond acceptors (Lipinski definition) is 4. The molecule has 0 aliphatic heterocycles. The largest absolute Gasteiger partial charge is 0.449 e. The minimum absolute atomic E-state index is 0.170.